The van der Waals surface area contributed by atoms with Crippen molar-refractivity contribution >= 4 is 17.6 Å². The molecule has 1 aliphatic heterocycles. The van der Waals surface area contributed by atoms with E-state index in [9.17, 15) is 9.59 Å². The van der Waals surface area contributed by atoms with Gasteiger partial charge in [0, 0.05) is 30.9 Å². The van der Waals surface area contributed by atoms with Crippen LogP contribution in [0.3, 0.4) is 0 Å². The van der Waals surface area contributed by atoms with E-state index in [1.807, 2.05) is 48.5 Å². The van der Waals surface area contributed by atoms with Gasteiger partial charge in [-0.15, -0.1) is 0 Å². The van der Waals surface area contributed by atoms with Gasteiger partial charge in [-0.25, -0.2) is 4.98 Å². The number of rotatable bonds is 4. The molecule has 5 heteroatoms. The Labute approximate surface area is 170 Å². The Bertz CT molecular complexity index is 1060. The minimum absolute atomic E-state index is 0.00108. The molecule has 2 aromatic carbocycles. The molecule has 0 unspecified atom stereocenters. The van der Waals surface area contributed by atoms with E-state index in [1.165, 1.54) is 5.56 Å². The number of carbonyl (C=O) groups is 2. The zero-order valence-electron chi connectivity index (χ0n) is 16.6. The van der Waals surface area contributed by atoms with E-state index in [1.54, 1.807) is 18.1 Å². The van der Waals surface area contributed by atoms with Gasteiger partial charge in [-0.2, -0.15) is 0 Å². The third kappa shape index (κ3) is 3.76. The number of nitrogens with one attached hydrogen (secondary N) is 1. The average Bonchev–Trinajstić information content (AvgIpc) is 2.75. The van der Waals surface area contributed by atoms with Crippen LogP contribution in [0.2, 0.25) is 0 Å². The monoisotopic (exact) mass is 385 g/mol. The summed E-state index contributed by atoms with van der Waals surface area (Å²) >= 11 is 0. The number of aromatic nitrogens is 1. The number of fused-ring (bicyclic) bond motifs is 1. The van der Waals surface area contributed by atoms with Crippen molar-refractivity contribution in [3.63, 3.8) is 0 Å². The minimum Gasteiger partial charge on any atom is -0.355 e. The lowest BCUT2D eigenvalue weighted by Gasteiger charge is -2.28. The van der Waals surface area contributed by atoms with Gasteiger partial charge in [0.25, 0.3) is 11.8 Å². The number of hydrogen-bond acceptors (Lipinski definition) is 3. The van der Waals surface area contributed by atoms with Gasteiger partial charge in [-0.1, -0.05) is 24.3 Å². The molecule has 0 atom stereocenters. The lowest BCUT2D eigenvalue weighted by atomic mass is 9.91. The number of pyridine rings is 1. The third-order valence-electron chi connectivity index (χ3n) is 5.41. The maximum absolute atomic E-state index is 13.1. The van der Waals surface area contributed by atoms with Gasteiger partial charge in [-0.05, 0) is 72.4 Å². The quantitative estimate of drug-likeness (QED) is 0.747. The van der Waals surface area contributed by atoms with Crippen molar-refractivity contribution in [2.45, 2.75) is 19.8 Å². The Morgan fingerprint density at radius 3 is 2.62 bits per heavy atom. The van der Waals surface area contributed by atoms with Crippen molar-refractivity contribution in [2.24, 2.45) is 0 Å². The number of aryl methyl sites for hydroxylation is 1. The van der Waals surface area contributed by atoms with Crippen LogP contribution in [0.15, 0.2) is 60.8 Å². The summed E-state index contributed by atoms with van der Waals surface area (Å²) in [6.45, 7) is 2.73. The molecule has 5 nitrogen and oxygen atoms in total. The van der Waals surface area contributed by atoms with E-state index in [0.29, 0.717) is 24.3 Å². The predicted molar refractivity (Wildman–Crippen MR) is 113 cm³/mol. The zero-order valence-corrected chi connectivity index (χ0v) is 16.6. The lowest BCUT2D eigenvalue weighted by Crippen LogP contribution is -2.38. The molecule has 29 heavy (non-hydrogen) atoms. The molecule has 0 saturated heterocycles. The van der Waals surface area contributed by atoms with Gasteiger partial charge in [0.05, 0.1) is 0 Å². The van der Waals surface area contributed by atoms with Crippen molar-refractivity contribution in [2.75, 3.05) is 18.5 Å². The van der Waals surface area contributed by atoms with E-state index in [2.05, 4.69) is 23.3 Å². The summed E-state index contributed by atoms with van der Waals surface area (Å²) in [6.07, 6.45) is 3.24. The first-order chi connectivity index (χ1) is 14.1. The summed E-state index contributed by atoms with van der Waals surface area (Å²) in [7, 11) is 1.62. The Morgan fingerprint density at radius 1 is 1.14 bits per heavy atom. The summed E-state index contributed by atoms with van der Waals surface area (Å²) < 4.78 is 0. The highest BCUT2D eigenvalue weighted by atomic mass is 16.2. The predicted octanol–water partition coefficient (Wildman–Crippen LogP) is 3.54. The SMILES string of the molecule is CNC(=O)c1ccc(Cc2cc3c(cc2C)CCN(c2ccccn2)C3=O)cc1. The van der Waals surface area contributed by atoms with E-state index in [0.717, 1.165) is 28.7 Å². The largest absolute Gasteiger partial charge is 0.355 e. The third-order valence-corrected chi connectivity index (χ3v) is 5.41. The van der Waals surface area contributed by atoms with E-state index in [-0.39, 0.29) is 11.8 Å². The number of nitrogens with zero attached hydrogens (tertiary/aromatic N) is 2. The van der Waals surface area contributed by atoms with Gasteiger partial charge >= 0.3 is 0 Å². The van der Waals surface area contributed by atoms with Crippen LogP contribution in [0.4, 0.5) is 5.82 Å². The molecule has 0 aliphatic carbocycles. The maximum Gasteiger partial charge on any atom is 0.259 e. The maximum atomic E-state index is 13.1. The Balaban J connectivity index is 1.61. The summed E-state index contributed by atoms with van der Waals surface area (Å²) in [5.41, 5.74) is 5.89. The van der Waals surface area contributed by atoms with Crippen LogP contribution in [0.1, 0.15) is 43.0 Å². The fourth-order valence-electron chi connectivity index (χ4n) is 3.76. The molecule has 3 aromatic rings. The van der Waals surface area contributed by atoms with Crippen LogP contribution in [0.25, 0.3) is 0 Å². The fourth-order valence-corrected chi connectivity index (χ4v) is 3.76. The van der Waals surface area contributed by atoms with Gasteiger partial charge in [0.15, 0.2) is 0 Å². The highest BCUT2D eigenvalue weighted by Gasteiger charge is 2.27. The second-order valence-electron chi connectivity index (χ2n) is 7.28. The van der Waals surface area contributed by atoms with Crippen LogP contribution >= 0.6 is 0 Å². The van der Waals surface area contributed by atoms with Crippen LogP contribution in [0, 0.1) is 6.92 Å². The van der Waals surface area contributed by atoms with Gasteiger partial charge in [-0.3, -0.25) is 14.5 Å². The van der Waals surface area contributed by atoms with Crippen molar-refractivity contribution in [3.8, 4) is 0 Å². The van der Waals surface area contributed by atoms with E-state index >= 15 is 0 Å². The van der Waals surface area contributed by atoms with Crippen LogP contribution in [-0.2, 0) is 12.8 Å². The number of benzene rings is 2. The summed E-state index contributed by atoms with van der Waals surface area (Å²) in [5.74, 6) is 0.595. The van der Waals surface area contributed by atoms with Crippen molar-refractivity contribution in [1.82, 2.24) is 10.3 Å². The number of carbonyl (C=O) groups excluding carboxylic acids is 2. The first-order valence-corrected chi connectivity index (χ1v) is 9.73. The average molecular weight is 385 g/mol. The highest BCUT2D eigenvalue weighted by molar-refractivity contribution is 6.07. The Kier molecular flexibility index (Phi) is 5.12. The number of amides is 2. The van der Waals surface area contributed by atoms with Gasteiger partial charge < -0.3 is 5.32 Å². The van der Waals surface area contributed by atoms with Crippen LogP contribution in [0.5, 0.6) is 0 Å². The van der Waals surface area contributed by atoms with Crippen molar-refractivity contribution < 1.29 is 9.59 Å². The minimum atomic E-state index is -0.0956. The molecular formula is C24H23N3O2. The van der Waals surface area contributed by atoms with E-state index < -0.39 is 0 Å². The molecule has 0 radical (unpaired) electrons. The van der Waals surface area contributed by atoms with Crippen molar-refractivity contribution in [3.05, 3.63) is 94.2 Å². The summed E-state index contributed by atoms with van der Waals surface area (Å²) in [6, 6.07) is 17.4. The molecule has 2 heterocycles. The molecular weight excluding hydrogens is 362 g/mol. The van der Waals surface area contributed by atoms with Crippen LogP contribution < -0.4 is 10.2 Å². The molecule has 2 amide bonds. The molecule has 0 saturated carbocycles. The standard InChI is InChI=1S/C24H23N3O2/c1-16-13-19-10-12-27(22-5-3-4-11-26-22)24(29)21(19)15-20(16)14-17-6-8-18(9-7-17)23(28)25-2/h3-9,11,13,15H,10,12,14H2,1-2H3,(H,25,28). The van der Waals surface area contributed by atoms with Gasteiger partial charge in [0.2, 0.25) is 0 Å². The summed E-state index contributed by atoms with van der Waals surface area (Å²) in [5, 5.41) is 2.63. The molecule has 0 bridgehead atoms. The summed E-state index contributed by atoms with van der Waals surface area (Å²) in [4.78, 5) is 30.9. The first-order valence-electron chi connectivity index (χ1n) is 9.73. The molecule has 1 N–H and O–H groups in total. The lowest BCUT2D eigenvalue weighted by molar-refractivity contribution is 0.0960. The normalized spacial score (nSPS) is 13.2. The zero-order chi connectivity index (χ0) is 20.4. The molecule has 1 aliphatic rings. The number of anilines is 1. The fraction of sp³-hybridized carbons (Fsp3) is 0.208. The molecule has 146 valence electrons. The number of hydrogen-bond donors (Lipinski definition) is 1. The van der Waals surface area contributed by atoms with Crippen LogP contribution in [-0.4, -0.2) is 30.4 Å². The Morgan fingerprint density at radius 2 is 1.93 bits per heavy atom. The topological polar surface area (TPSA) is 62.3 Å². The molecule has 1 aromatic heterocycles. The molecule has 4 rings (SSSR count). The van der Waals surface area contributed by atoms with Gasteiger partial charge in [0.1, 0.15) is 5.82 Å². The second kappa shape index (κ2) is 7.87. The van der Waals surface area contributed by atoms with Crippen molar-refractivity contribution in [1.29, 1.82) is 0 Å². The molecule has 0 fully saturated rings. The smallest absolute Gasteiger partial charge is 0.259 e. The highest BCUT2D eigenvalue weighted by Crippen LogP contribution is 2.27. The Hall–Kier alpha value is -3.47. The second-order valence-corrected chi connectivity index (χ2v) is 7.28. The molecule has 0 spiro atoms. The van der Waals surface area contributed by atoms with E-state index in [4.69, 9.17) is 0 Å². The first kappa shape index (κ1) is 18.9.